The van der Waals surface area contributed by atoms with Gasteiger partial charge in [0, 0.05) is 0 Å². The number of phosphoric acid groups is 2. The lowest BCUT2D eigenvalue weighted by molar-refractivity contribution is -0.0518. The highest BCUT2D eigenvalue weighted by atomic mass is 35.5. The number of nitrogens with zero attached hydrogens (tertiary/aromatic N) is 3. The van der Waals surface area contributed by atoms with Crippen LogP contribution >= 0.6 is 43.0 Å². The lowest BCUT2D eigenvalue weighted by atomic mass is 10.0. The second kappa shape index (κ2) is 9.49. The number of alkyl halides is 2. The Morgan fingerprint density at radius 2 is 1.94 bits per heavy atom. The van der Waals surface area contributed by atoms with E-state index in [-0.39, 0.29) is 5.82 Å². The van der Waals surface area contributed by atoms with Crippen molar-refractivity contribution in [1.82, 2.24) is 14.8 Å². The smallest absolute Gasteiger partial charge is 0.388 e. The van der Waals surface area contributed by atoms with Crippen molar-refractivity contribution < 1.29 is 56.1 Å². The minimum absolute atomic E-state index is 0.269. The van der Waals surface area contributed by atoms with Crippen LogP contribution in [0.5, 0.6) is 0 Å². The third-order valence-corrected chi connectivity index (χ3v) is 8.65. The molecule has 2 rings (SSSR count). The summed E-state index contributed by atoms with van der Waals surface area (Å²) in [6, 6.07) is 0. The largest absolute Gasteiger partial charge is 0.488 e. The number of ether oxygens (including phenoxy) is 1. The Morgan fingerprint density at radius 1 is 1.32 bits per heavy atom. The Bertz CT molecular complexity index is 1020. The maximum Gasteiger partial charge on any atom is 0.488 e. The number of halogens is 2. The third kappa shape index (κ3) is 6.83. The van der Waals surface area contributed by atoms with Gasteiger partial charge < -0.3 is 35.2 Å². The zero-order chi connectivity index (χ0) is 23.8. The lowest BCUT2D eigenvalue weighted by Gasteiger charge is -2.26. The summed E-state index contributed by atoms with van der Waals surface area (Å²) in [4.78, 5) is 49.6. The van der Waals surface area contributed by atoms with Crippen molar-refractivity contribution in [2.24, 2.45) is 0 Å². The molecule has 0 radical (unpaired) electrons. The van der Waals surface area contributed by atoms with Gasteiger partial charge in [0.1, 0.15) is 29.6 Å². The highest BCUT2D eigenvalue weighted by Gasteiger charge is 2.58. The summed E-state index contributed by atoms with van der Waals surface area (Å²) in [5.74, 6) is -0.269. The molecule has 1 saturated heterocycles. The lowest BCUT2D eigenvalue weighted by Crippen LogP contribution is -2.47. The van der Waals surface area contributed by atoms with E-state index in [4.69, 9.17) is 31.9 Å². The fourth-order valence-corrected chi connectivity index (χ4v) is 6.67. The van der Waals surface area contributed by atoms with Gasteiger partial charge in [-0.2, -0.15) is 19.1 Å². The van der Waals surface area contributed by atoms with E-state index in [1.807, 2.05) is 0 Å². The molecule has 0 amide bonds. The van der Waals surface area contributed by atoms with E-state index < -0.39 is 65.2 Å². The van der Waals surface area contributed by atoms with Gasteiger partial charge in [-0.15, -0.1) is 11.6 Å². The molecule has 7 N–H and O–H groups in total. The number of aliphatic hydroxyl groups is 1. The van der Waals surface area contributed by atoms with Crippen molar-refractivity contribution >= 4 is 48.8 Å². The topological polar surface area (TPSA) is 246 Å². The number of nitrogens with two attached hydrogens (primary N) is 1. The number of nitrogen functional groups attached to an aromatic ring is 1. The summed E-state index contributed by atoms with van der Waals surface area (Å²) in [5.41, 5.74) is 4.19. The van der Waals surface area contributed by atoms with Crippen LogP contribution in [-0.2, 0) is 27.0 Å². The summed E-state index contributed by atoms with van der Waals surface area (Å²) in [6.45, 7) is -2.55. The second-order valence-corrected chi connectivity index (χ2v) is 12.9. The molecule has 178 valence electrons. The maximum absolute atomic E-state index is 13.6. The Kier molecular flexibility index (Phi) is 8.24. The SMILES string of the molecule is Nc1cnn([C@@H]2O[C@H](COP(=O)(O)OP(=O)(O)OP(O)(O)=P)[C@H](O)C2(Cl)CF)c(=O)n1. The molecule has 2 heterocycles. The number of anilines is 1. The number of hydrogen-bond donors (Lipinski definition) is 6. The maximum atomic E-state index is 13.6. The van der Waals surface area contributed by atoms with E-state index in [1.165, 1.54) is 0 Å². The van der Waals surface area contributed by atoms with Crippen LogP contribution < -0.4 is 11.4 Å². The van der Waals surface area contributed by atoms with Crippen LogP contribution in [0.25, 0.3) is 0 Å². The van der Waals surface area contributed by atoms with Crippen LogP contribution in [0.2, 0.25) is 0 Å². The Morgan fingerprint density at radius 3 is 2.45 bits per heavy atom. The zero-order valence-electron chi connectivity index (χ0n) is 14.8. The van der Waals surface area contributed by atoms with E-state index in [2.05, 4.69) is 31.8 Å². The molecule has 1 aliphatic rings. The van der Waals surface area contributed by atoms with E-state index in [9.17, 15) is 33.2 Å². The predicted octanol–water partition coefficient (Wildman–Crippen LogP) is -0.519. The highest BCUT2D eigenvalue weighted by molar-refractivity contribution is 7.91. The van der Waals surface area contributed by atoms with Crippen molar-refractivity contribution in [2.45, 2.75) is 23.3 Å². The molecule has 31 heavy (non-hydrogen) atoms. The zero-order valence-corrected chi connectivity index (χ0v) is 19.3. The molecule has 1 fully saturated rings. The summed E-state index contributed by atoms with van der Waals surface area (Å²) in [7, 11) is -13.3. The number of rotatable bonds is 9. The van der Waals surface area contributed by atoms with Crippen molar-refractivity contribution in [3.05, 3.63) is 16.7 Å². The molecule has 22 heteroatoms. The summed E-state index contributed by atoms with van der Waals surface area (Å²) < 4.78 is 54.8. The van der Waals surface area contributed by atoms with Crippen LogP contribution in [0.1, 0.15) is 6.23 Å². The molecule has 3 unspecified atom stereocenters. The molecule has 16 nitrogen and oxygen atoms in total. The van der Waals surface area contributed by atoms with Gasteiger partial charge in [0.2, 0.25) is 0 Å². The molecule has 1 aromatic rings. The molecular weight excluding hydrogens is 534 g/mol. The first-order valence-electron chi connectivity index (χ1n) is 7.62. The normalized spacial score (nSPS) is 30.6. The molecule has 1 aromatic heterocycles. The van der Waals surface area contributed by atoms with Gasteiger partial charge in [-0.25, -0.2) is 22.6 Å². The minimum Gasteiger partial charge on any atom is -0.388 e. The average Bonchev–Trinajstić information content (AvgIpc) is 2.82. The average molecular weight is 551 g/mol. The van der Waals surface area contributed by atoms with Crippen LogP contribution in [0, 0.1) is 0 Å². The van der Waals surface area contributed by atoms with Gasteiger partial charge in [-0.3, -0.25) is 4.52 Å². The van der Waals surface area contributed by atoms with Crippen molar-refractivity contribution in [3.63, 3.8) is 0 Å². The summed E-state index contributed by atoms with van der Waals surface area (Å²) in [6.07, 6.45) is -4.48. The molecule has 0 spiro atoms. The van der Waals surface area contributed by atoms with E-state index in [0.29, 0.717) is 4.68 Å². The monoisotopic (exact) mass is 550 g/mol. The number of aromatic nitrogens is 3. The van der Waals surface area contributed by atoms with E-state index in [0.717, 1.165) is 6.20 Å². The molecule has 6 atom stereocenters. The second-order valence-electron chi connectivity index (χ2n) is 5.88. The molecule has 0 bridgehead atoms. The molecule has 0 aromatic carbocycles. The molecular formula is C9H16ClFN4O12P4. The van der Waals surface area contributed by atoms with Crippen LogP contribution in [0.3, 0.4) is 0 Å². The van der Waals surface area contributed by atoms with Gasteiger partial charge >= 0.3 is 21.3 Å². The fraction of sp³-hybridized carbons (Fsp3) is 0.667. The van der Waals surface area contributed by atoms with Gasteiger partial charge in [0.05, 0.1) is 12.8 Å². The van der Waals surface area contributed by atoms with Crippen LogP contribution in [0.15, 0.2) is 11.0 Å². The predicted molar refractivity (Wildman–Crippen MR) is 103 cm³/mol. The first kappa shape index (κ1) is 26.9. The standard InChI is InChI=1S/C9H16ClFN4O12P4/c10-9(3-11)6(16)4(25-7(9)15-8(17)14-5(12)1-13-15)2-24-29(18,19)26-30(20,21)27-31(22,23)28/h1,4,6-7,16,22-23,28H,2-3H2,(H,18,19)(H,20,21)(H2,12,14,17)/t4-,6+,7-,9?/m1/s1. The molecule has 0 aliphatic carbocycles. The van der Waals surface area contributed by atoms with Crippen LogP contribution in [-0.4, -0.2) is 69.8 Å². The number of aliphatic hydroxyl groups excluding tert-OH is 1. The highest BCUT2D eigenvalue weighted by Crippen LogP contribution is 2.67. The third-order valence-electron chi connectivity index (χ3n) is 3.55. The van der Waals surface area contributed by atoms with Crippen molar-refractivity contribution in [2.75, 3.05) is 19.0 Å². The van der Waals surface area contributed by atoms with Crippen molar-refractivity contribution in [3.8, 4) is 0 Å². The number of phosphoric ester groups is 1. The minimum atomic E-state index is -5.52. The summed E-state index contributed by atoms with van der Waals surface area (Å²) in [5, 5.41) is 13.9. The van der Waals surface area contributed by atoms with Gasteiger partial charge in [0.15, 0.2) is 6.23 Å². The van der Waals surface area contributed by atoms with Gasteiger partial charge in [0.25, 0.3) is 7.23 Å². The Labute approximate surface area is 179 Å². The first-order valence-corrected chi connectivity index (χ1v) is 13.9. The molecule has 1 aliphatic heterocycles. The fourth-order valence-electron chi connectivity index (χ4n) is 2.35. The Balaban J connectivity index is 2.17. The number of hydrogen-bond acceptors (Lipinski definition) is 11. The van der Waals surface area contributed by atoms with Crippen LogP contribution in [0.4, 0.5) is 10.2 Å². The quantitative estimate of drug-likeness (QED) is 0.167. The van der Waals surface area contributed by atoms with Gasteiger partial charge in [-0.1, -0.05) is 0 Å². The van der Waals surface area contributed by atoms with Gasteiger partial charge in [-0.05, 0) is 8.53 Å². The van der Waals surface area contributed by atoms with E-state index >= 15 is 0 Å². The summed E-state index contributed by atoms with van der Waals surface area (Å²) >= 11 is 6.05. The van der Waals surface area contributed by atoms with Crippen molar-refractivity contribution in [1.29, 1.82) is 0 Å². The van der Waals surface area contributed by atoms with E-state index in [1.54, 1.807) is 0 Å². The first-order chi connectivity index (χ1) is 14.0. The Hall–Kier alpha value is -0.340. The molecule has 0 saturated carbocycles.